The summed E-state index contributed by atoms with van der Waals surface area (Å²) in [4.78, 5) is 41.2. The molecule has 9 nitrogen and oxygen atoms in total. The van der Waals surface area contributed by atoms with Crippen molar-refractivity contribution < 1.29 is 14.5 Å². The Morgan fingerprint density at radius 1 is 1.29 bits per heavy atom. The number of nitro benzene ring substituents is 1. The van der Waals surface area contributed by atoms with Gasteiger partial charge in [-0.25, -0.2) is 4.98 Å². The van der Waals surface area contributed by atoms with Crippen LogP contribution in [-0.2, 0) is 9.59 Å². The van der Waals surface area contributed by atoms with Crippen LogP contribution in [0.1, 0.15) is 25.7 Å². The summed E-state index contributed by atoms with van der Waals surface area (Å²) in [6.45, 7) is 3.76. The number of carbonyl (C=O) groups excluding carboxylic acids is 2. The van der Waals surface area contributed by atoms with Gasteiger partial charge >= 0.3 is 11.8 Å². The van der Waals surface area contributed by atoms with Crippen molar-refractivity contribution in [2.45, 2.75) is 19.9 Å². The Balaban J connectivity index is 2.05. The third-order valence-corrected chi connectivity index (χ3v) is 3.29. The maximum Gasteiger partial charge on any atom is 0.313 e. The van der Waals surface area contributed by atoms with Crippen LogP contribution in [0, 0.1) is 16.0 Å². The predicted molar refractivity (Wildman–Crippen MR) is 86.0 cm³/mol. The highest BCUT2D eigenvalue weighted by Crippen LogP contribution is 2.19. The molecule has 1 aromatic heterocycles. The summed E-state index contributed by atoms with van der Waals surface area (Å²) in [5, 5.41) is 15.7. The molecule has 1 heterocycles. The van der Waals surface area contributed by atoms with Gasteiger partial charge in [-0.2, -0.15) is 0 Å². The predicted octanol–water partition coefficient (Wildman–Crippen LogP) is 1.77. The summed E-state index contributed by atoms with van der Waals surface area (Å²) in [5.74, 6) is -1.21. The molecule has 0 aliphatic rings. The standard InChI is InChI=1S/C15H17N5O4/c1-9(2)12(13-16-6-7-17-13)19-15(22)14(21)18-10-4-3-5-11(8-10)20(23)24/h3-9,12H,1-2H3,(H,16,17)(H,18,21)(H,19,22)/t12-/m0/s1. The van der Waals surface area contributed by atoms with Crippen LogP contribution in [0.15, 0.2) is 36.7 Å². The lowest BCUT2D eigenvalue weighted by molar-refractivity contribution is -0.384. The molecule has 0 aliphatic heterocycles. The average molecular weight is 331 g/mol. The van der Waals surface area contributed by atoms with Gasteiger partial charge in [0.15, 0.2) is 0 Å². The second-order valence-electron chi connectivity index (χ2n) is 5.43. The first-order chi connectivity index (χ1) is 11.4. The maximum absolute atomic E-state index is 12.1. The molecule has 0 aliphatic carbocycles. The number of H-pyrrole nitrogens is 1. The number of imidazole rings is 1. The number of aromatic amines is 1. The fourth-order valence-electron chi connectivity index (χ4n) is 2.09. The molecular weight excluding hydrogens is 314 g/mol. The molecule has 1 aromatic carbocycles. The van der Waals surface area contributed by atoms with E-state index in [4.69, 9.17) is 0 Å². The van der Waals surface area contributed by atoms with Crippen LogP contribution >= 0.6 is 0 Å². The van der Waals surface area contributed by atoms with Crippen molar-refractivity contribution >= 4 is 23.2 Å². The molecule has 0 saturated heterocycles. The summed E-state index contributed by atoms with van der Waals surface area (Å²) < 4.78 is 0. The normalized spacial score (nSPS) is 11.8. The van der Waals surface area contributed by atoms with Gasteiger partial charge in [-0.15, -0.1) is 0 Å². The Labute approximate surface area is 137 Å². The number of amides is 2. The monoisotopic (exact) mass is 331 g/mol. The van der Waals surface area contributed by atoms with Gasteiger partial charge in [-0.3, -0.25) is 19.7 Å². The molecule has 2 aromatic rings. The first kappa shape index (κ1) is 17.1. The fraction of sp³-hybridized carbons (Fsp3) is 0.267. The minimum absolute atomic E-state index is 0.00529. The van der Waals surface area contributed by atoms with Crippen molar-refractivity contribution in [3.63, 3.8) is 0 Å². The number of non-ortho nitro benzene ring substituents is 1. The first-order valence-electron chi connectivity index (χ1n) is 7.24. The van der Waals surface area contributed by atoms with Crippen molar-refractivity contribution in [1.29, 1.82) is 0 Å². The zero-order valence-corrected chi connectivity index (χ0v) is 13.1. The Morgan fingerprint density at radius 3 is 2.62 bits per heavy atom. The van der Waals surface area contributed by atoms with Gasteiger partial charge in [0, 0.05) is 30.2 Å². The lowest BCUT2D eigenvalue weighted by Crippen LogP contribution is -2.40. The highest BCUT2D eigenvalue weighted by molar-refractivity contribution is 6.39. The van der Waals surface area contributed by atoms with E-state index in [0.717, 1.165) is 0 Å². The lowest BCUT2D eigenvalue weighted by Gasteiger charge is -2.19. The molecule has 126 valence electrons. The van der Waals surface area contributed by atoms with Crippen LogP contribution in [0.2, 0.25) is 0 Å². The summed E-state index contributed by atoms with van der Waals surface area (Å²) in [7, 11) is 0. The quantitative estimate of drug-likeness (QED) is 0.437. The van der Waals surface area contributed by atoms with Gasteiger partial charge in [-0.05, 0) is 12.0 Å². The van der Waals surface area contributed by atoms with Crippen LogP contribution in [0.5, 0.6) is 0 Å². The van der Waals surface area contributed by atoms with E-state index in [1.165, 1.54) is 24.3 Å². The number of rotatable bonds is 5. The van der Waals surface area contributed by atoms with Gasteiger partial charge in [-0.1, -0.05) is 19.9 Å². The third-order valence-electron chi connectivity index (χ3n) is 3.29. The van der Waals surface area contributed by atoms with Gasteiger partial charge in [0.2, 0.25) is 0 Å². The van der Waals surface area contributed by atoms with E-state index in [2.05, 4.69) is 20.6 Å². The molecule has 0 saturated carbocycles. The van der Waals surface area contributed by atoms with Gasteiger partial charge < -0.3 is 15.6 Å². The number of nitrogens with zero attached hydrogens (tertiary/aromatic N) is 2. The number of aromatic nitrogens is 2. The highest BCUT2D eigenvalue weighted by Gasteiger charge is 2.24. The molecule has 2 rings (SSSR count). The Morgan fingerprint density at radius 2 is 2.04 bits per heavy atom. The van der Waals surface area contributed by atoms with E-state index >= 15 is 0 Å². The number of hydrogen-bond acceptors (Lipinski definition) is 5. The molecule has 0 spiro atoms. The molecule has 0 unspecified atom stereocenters. The number of hydrogen-bond donors (Lipinski definition) is 3. The van der Waals surface area contributed by atoms with E-state index in [1.807, 2.05) is 13.8 Å². The molecule has 2 amide bonds. The van der Waals surface area contributed by atoms with Crippen LogP contribution in [0.4, 0.5) is 11.4 Å². The summed E-state index contributed by atoms with van der Waals surface area (Å²) in [5.41, 5.74) is -0.00713. The van der Waals surface area contributed by atoms with Crippen molar-refractivity contribution in [3.05, 3.63) is 52.6 Å². The minimum atomic E-state index is -0.910. The second-order valence-corrected chi connectivity index (χ2v) is 5.43. The number of nitrogens with one attached hydrogen (secondary N) is 3. The van der Waals surface area contributed by atoms with Crippen molar-refractivity contribution in [2.75, 3.05) is 5.32 Å². The molecule has 0 radical (unpaired) electrons. The summed E-state index contributed by atoms with van der Waals surface area (Å²) in [6, 6.07) is 4.90. The molecular formula is C15H17N5O4. The van der Waals surface area contributed by atoms with Gasteiger partial charge in [0.1, 0.15) is 5.82 Å². The van der Waals surface area contributed by atoms with E-state index < -0.39 is 22.8 Å². The van der Waals surface area contributed by atoms with Crippen molar-refractivity contribution in [1.82, 2.24) is 15.3 Å². The number of benzene rings is 1. The number of anilines is 1. The van der Waals surface area contributed by atoms with E-state index in [0.29, 0.717) is 5.82 Å². The Kier molecular flexibility index (Phi) is 5.25. The topological polar surface area (TPSA) is 130 Å². The van der Waals surface area contributed by atoms with Crippen LogP contribution in [0.3, 0.4) is 0 Å². The molecule has 3 N–H and O–H groups in total. The van der Waals surface area contributed by atoms with Crippen molar-refractivity contribution in [3.8, 4) is 0 Å². The lowest BCUT2D eigenvalue weighted by atomic mass is 10.0. The first-order valence-corrected chi connectivity index (χ1v) is 7.24. The second kappa shape index (κ2) is 7.36. The zero-order chi connectivity index (χ0) is 17.7. The molecule has 9 heteroatoms. The molecule has 1 atom stereocenters. The number of carbonyl (C=O) groups is 2. The molecule has 0 bridgehead atoms. The van der Waals surface area contributed by atoms with Crippen LogP contribution < -0.4 is 10.6 Å². The summed E-state index contributed by atoms with van der Waals surface area (Å²) >= 11 is 0. The highest BCUT2D eigenvalue weighted by atomic mass is 16.6. The largest absolute Gasteiger partial charge is 0.347 e. The van der Waals surface area contributed by atoms with E-state index in [1.54, 1.807) is 12.4 Å². The van der Waals surface area contributed by atoms with Crippen molar-refractivity contribution in [2.24, 2.45) is 5.92 Å². The minimum Gasteiger partial charge on any atom is -0.347 e. The summed E-state index contributed by atoms with van der Waals surface area (Å²) in [6.07, 6.45) is 3.18. The Bertz CT molecular complexity index is 742. The van der Waals surface area contributed by atoms with E-state index in [-0.39, 0.29) is 17.3 Å². The maximum atomic E-state index is 12.1. The third kappa shape index (κ3) is 4.15. The molecule has 0 fully saturated rings. The SMILES string of the molecule is CC(C)[C@H](NC(=O)C(=O)Nc1cccc([N+](=O)[O-])c1)c1ncc[nH]1. The van der Waals surface area contributed by atoms with Gasteiger partial charge in [0.25, 0.3) is 5.69 Å². The van der Waals surface area contributed by atoms with Crippen LogP contribution in [0.25, 0.3) is 0 Å². The zero-order valence-electron chi connectivity index (χ0n) is 13.1. The van der Waals surface area contributed by atoms with Crippen LogP contribution in [-0.4, -0.2) is 26.7 Å². The molecule has 24 heavy (non-hydrogen) atoms. The van der Waals surface area contributed by atoms with Gasteiger partial charge in [0.05, 0.1) is 11.0 Å². The van der Waals surface area contributed by atoms with E-state index in [9.17, 15) is 19.7 Å². The number of nitro groups is 1. The Hall–Kier alpha value is -3.23. The smallest absolute Gasteiger partial charge is 0.313 e. The average Bonchev–Trinajstić information content (AvgIpc) is 3.06. The fourth-order valence-corrected chi connectivity index (χ4v) is 2.09.